The van der Waals surface area contributed by atoms with Gasteiger partial charge in [-0.05, 0) is 26.8 Å². The lowest BCUT2D eigenvalue weighted by Crippen LogP contribution is -2.25. The maximum Gasteiger partial charge on any atom is 0.260 e. The smallest absolute Gasteiger partial charge is 0.260 e. The Kier molecular flexibility index (Phi) is 5.90. The number of hydrogen-bond acceptors (Lipinski definition) is 5. The summed E-state index contributed by atoms with van der Waals surface area (Å²) in [6.45, 7) is 7.36. The van der Waals surface area contributed by atoms with E-state index in [0.29, 0.717) is 28.4 Å². The highest BCUT2D eigenvalue weighted by Crippen LogP contribution is 2.40. The van der Waals surface area contributed by atoms with E-state index < -0.39 is 11.7 Å². The summed E-state index contributed by atoms with van der Waals surface area (Å²) in [4.78, 5) is 22.9. The Bertz CT molecular complexity index is 1130. The Morgan fingerprint density at radius 2 is 2.00 bits per heavy atom. The van der Waals surface area contributed by atoms with E-state index in [-0.39, 0.29) is 28.4 Å². The monoisotopic (exact) mass is 433 g/mol. The third kappa shape index (κ3) is 3.67. The molecule has 1 atom stereocenters. The zero-order valence-corrected chi connectivity index (χ0v) is 18.6. The molecular weight excluding hydrogens is 409 g/mol. The number of nitrogens with zero attached hydrogens (tertiary/aromatic N) is 4. The van der Waals surface area contributed by atoms with Crippen LogP contribution < -0.4 is 10.5 Å². The van der Waals surface area contributed by atoms with Crippen LogP contribution in [0.2, 0.25) is 5.02 Å². The van der Waals surface area contributed by atoms with Crippen molar-refractivity contribution < 1.29 is 13.9 Å². The fourth-order valence-corrected chi connectivity index (χ4v) is 3.65. The van der Waals surface area contributed by atoms with Gasteiger partial charge in [-0.1, -0.05) is 18.5 Å². The molecule has 7 nitrogen and oxygen atoms in total. The predicted molar refractivity (Wildman–Crippen MR) is 115 cm³/mol. The average Bonchev–Trinajstić information content (AvgIpc) is 3.01. The molecule has 0 aliphatic carbocycles. The molecule has 2 N–H and O–H groups in total. The summed E-state index contributed by atoms with van der Waals surface area (Å²) in [5, 5.41) is -0.156. The Morgan fingerprint density at radius 1 is 1.33 bits per heavy atom. The van der Waals surface area contributed by atoms with E-state index in [1.54, 1.807) is 26.5 Å². The van der Waals surface area contributed by atoms with Gasteiger partial charge < -0.3 is 15.4 Å². The standard InChI is InChI=1S/C21H25ClFN5O2/c1-10(2)30-18-13(9-14(22)16(23)15(18)21(29)27(5)6)11(3)20-26-12(4)17-19(24)25-7-8-28(17)20/h7-11H,1-6H3,(H2,24,25). The number of carbonyl (C=O) groups is 1. The number of halogens is 2. The summed E-state index contributed by atoms with van der Waals surface area (Å²) < 4.78 is 22.8. The molecule has 0 radical (unpaired) electrons. The number of hydrogen-bond donors (Lipinski definition) is 1. The van der Waals surface area contributed by atoms with Crippen molar-refractivity contribution in [2.45, 2.75) is 39.7 Å². The van der Waals surface area contributed by atoms with Gasteiger partial charge in [0.1, 0.15) is 28.5 Å². The lowest BCUT2D eigenvalue weighted by Gasteiger charge is -2.23. The molecule has 1 aromatic carbocycles. The first kappa shape index (κ1) is 21.8. The molecule has 0 spiro atoms. The molecule has 30 heavy (non-hydrogen) atoms. The molecule has 0 bridgehead atoms. The largest absolute Gasteiger partial charge is 0.490 e. The molecular formula is C21H25ClFN5O2. The lowest BCUT2D eigenvalue weighted by atomic mass is 9.95. The third-order valence-electron chi connectivity index (χ3n) is 4.81. The maximum absolute atomic E-state index is 15.0. The topological polar surface area (TPSA) is 85.8 Å². The maximum atomic E-state index is 15.0. The number of anilines is 1. The van der Waals surface area contributed by atoms with Gasteiger partial charge in [0.15, 0.2) is 5.82 Å². The van der Waals surface area contributed by atoms with Gasteiger partial charge in [-0.25, -0.2) is 14.4 Å². The first-order valence-electron chi connectivity index (χ1n) is 9.53. The molecule has 3 rings (SSSR count). The number of carbonyl (C=O) groups excluding carboxylic acids is 1. The number of benzene rings is 1. The second kappa shape index (κ2) is 8.10. The second-order valence-corrected chi connectivity index (χ2v) is 8.05. The van der Waals surface area contributed by atoms with Gasteiger partial charge in [0.25, 0.3) is 5.91 Å². The Morgan fingerprint density at radius 3 is 2.60 bits per heavy atom. The molecule has 0 aliphatic rings. The van der Waals surface area contributed by atoms with E-state index in [9.17, 15) is 9.18 Å². The van der Waals surface area contributed by atoms with Crippen LogP contribution in [0.15, 0.2) is 18.5 Å². The van der Waals surface area contributed by atoms with Gasteiger partial charge in [0, 0.05) is 38.0 Å². The van der Waals surface area contributed by atoms with Crippen molar-refractivity contribution in [3.8, 4) is 5.75 Å². The van der Waals surface area contributed by atoms with Gasteiger partial charge in [-0.15, -0.1) is 0 Å². The van der Waals surface area contributed by atoms with Gasteiger partial charge in [0.05, 0.1) is 16.8 Å². The van der Waals surface area contributed by atoms with E-state index >= 15 is 0 Å². The lowest BCUT2D eigenvalue weighted by molar-refractivity contribution is 0.0816. The number of aryl methyl sites for hydroxylation is 1. The molecule has 2 aromatic heterocycles. The van der Waals surface area contributed by atoms with Crippen LogP contribution in [0.25, 0.3) is 5.52 Å². The third-order valence-corrected chi connectivity index (χ3v) is 5.09. The van der Waals surface area contributed by atoms with Crippen LogP contribution in [0.5, 0.6) is 5.75 Å². The van der Waals surface area contributed by atoms with Crippen molar-refractivity contribution in [1.29, 1.82) is 0 Å². The van der Waals surface area contributed by atoms with E-state index in [4.69, 9.17) is 22.1 Å². The summed E-state index contributed by atoms with van der Waals surface area (Å²) in [7, 11) is 3.10. The van der Waals surface area contributed by atoms with Crippen LogP contribution in [-0.2, 0) is 0 Å². The predicted octanol–water partition coefficient (Wildman–Crippen LogP) is 4.05. The molecule has 0 aliphatic heterocycles. The Labute approximate surface area is 179 Å². The van der Waals surface area contributed by atoms with Gasteiger partial charge in [-0.2, -0.15) is 0 Å². The number of imidazole rings is 1. The Balaban J connectivity index is 2.30. The van der Waals surface area contributed by atoms with Crippen molar-refractivity contribution in [3.63, 3.8) is 0 Å². The molecule has 160 valence electrons. The molecule has 3 aromatic rings. The average molecular weight is 434 g/mol. The van der Waals surface area contributed by atoms with Gasteiger partial charge in [-0.3, -0.25) is 9.20 Å². The Hall–Kier alpha value is -2.87. The molecule has 9 heteroatoms. The normalized spacial score (nSPS) is 12.4. The minimum absolute atomic E-state index is 0.156. The first-order chi connectivity index (χ1) is 14.0. The summed E-state index contributed by atoms with van der Waals surface area (Å²) in [6.07, 6.45) is 3.06. The number of ether oxygens (including phenoxy) is 1. The summed E-state index contributed by atoms with van der Waals surface area (Å²) in [6, 6.07) is 1.49. The van der Waals surface area contributed by atoms with Gasteiger partial charge >= 0.3 is 0 Å². The van der Waals surface area contributed by atoms with E-state index in [0.717, 1.165) is 0 Å². The van der Waals surface area contributed by atoms with Crippen molar-refractivity contribution in [2.24, 2.45) is 0 Å². The summed E-state index contributed by atoms with van der Waals surface area (Å²) >= 11 is 6.20. The highest BCUT2D eigenvalue weighted by Gasteiger charge is 2.30. The van der Waals surface area contributed by atoms with Crippen LogP contribution in [0.1, 0.15) is 54.1 Å². The van der Waals surface area contributed by atoms with Crippen molar-refractivity contribution in [1.82, 2.24) is 19.3 Å². The van der Waals surface area contributed by atoms with Crippen LogP contribution >= 0.6 is 11.6 Å². The second-order valence-electron chi connectivity index (χ2n) is 7.64. The van der Waals surface area contributed by atoms with Crippen LogP contribution in [0, 0.1) is 12.7 Å². The number of nitrogen functional groups attached to an aromatic ring is 1. The number of aromatic nitrogens is 3. The number of amides is 1. The summed E-state index contributed by atoms with van der Waals surface area (Å²) in [5.41, 5.74) is 7.81. The highest BCUT2D eigenvalue weighted by molar-refractivity contribution is 6.31. The number of fused-ring (bicyclic) bond motifs is 1. The van der Waals surface area contributed by atoms with E-state index in [1.807, 2.05) is 32.1 Å². The van der Waals surface area contributed by atoms with Crippen LogP contribution in [-0.4, -0.2) is 45.4 Å². The fraction of sp³-hybridized carbons (Fsp3) is 0.381. The molecule has 1 amide bonds. The molecule has 0 saturated carbocycles. The van der Waals surface area contributed by atoms with Crippen molar-refractivity contribution in [3.05, 3.63) is 51.9 Å². The van der Waals surface area contributed by atoms with Crippen molar-refractivity contribution >= 4 is 28.8 Å². The van der Waals surface area contributed by atoms with E-state index in [2.05, 4.69) is 9.97 Å². The fourth-order valence-electron chi connectivity index (χ4n) is 3.44. The van der Waals surface area contributed by atoms with E-state index in [1.165, 1.54) is 11.0 Å². The zero-order valence-electron chi connectivity index (χ0n) is 17.8. The highest BCUT2D eigenvalue weighted by atomic mass is 35.5. The SMILES string of the molecule is Cc1nc(C(C)c2cc(Cl)c(F)c(C(=O)N(C)C)c2OC(C)C)n2ccnc(N)c12. The number of rotatable bonds is 5. The molecule has 2 heterocycles. The molecule has 0 saturated heterocycles. The molecule has 1 unspecified atom stereocenters. The number of nitrogens with two attached hydrogens (primary N) is 1. The van der Waals surface area contributed by atoms with Gasteiger partial charge in [0.2, 0.25) is 0 Å². The van der Waals surface area contributed by atoms with Crippen molar-refractivity contribution in [2.75, 3.05) is 19.8 Å². The van der Waals surface area contributed by atoms with Crippen LogP contribution in [0.3, 0.4) is 0 Å². The minimum Gasteiger partial charge on any atom is -0.490 e. The zero-order chi connectivity index (χ0) is 22.3. The molecule has 0 fully saturated rings. The first-order valence-corrected chi connectivity index (χ1v) is 9.91. The van der Waals surface area contributed by atoms with Crippen LogP contribution in [0.4, 0.5) is 10.2 Å². The minimum atomic E-state index is -0.806. The summed E-state index contributed by atoms with van der Waals surface area (Å²) in [5.74, 6) is -0.546. The quantitative estimate of drug-likeness (QED) is 0.655.